The Kier molecular flexibility index (Phi) is 5.83. The van der Waals surface area contributed by atoms with Crippen molar-refractivity contribution >= 4 is 5.71 Å². The Morgan fingerprint density at radius 3 is 2.27 bits per heavy atom. The van der Waals surface area contributed by atoms with E-state index in [1.165, 1.54) is 0 Å². The van der Waals surface area contributed by atoms with Crippen LogP contribution in [0.3, 0.4) is 0 Å². The predicted molar refractivity (Wildman–Crippen MR) is 87.4 cm³/mol. The number of oxime groups is 1. The normalized spacial score (nSPS) is 11.3. The van der Waals surface area contributed by atoms with Gasteiger partial charge in [-0.2, -0.15) is 0 Å². The maximum Gasteiger partial charge on any atom is 0.169 e. The largest absolute Gasteiger partial charge is 0.490 e. The van der Waals surface area contributed by atoms with Crippen molar-refractivity contribution in [3.8, 4) is 17.2 Å². The first-order valence-electron chi connectivity index (χ1n) is 7.49. The van der Waals surface area contributed by atoms with Crippen molar-refractivity contribution in [3.05, 3.63) is 54.1 Å². The van der Waals surface area contributed by atoms with Crippen LogP contribution in [0.4, 0.5) is 0 Å². The molecule has 0 saturated carbocycles. The molecule has 0 atom stereocenters. The third kappa shape index (κ3) is 4.01. The lowest BCUT2D eigenvalue weighted by Crippen LogP contribution is -2.00. The maximum atomic E-state index is 9.05. The lowest BCUT2D eigenvalue weighted by Gasteiger charge is -2.11. The van der Waals surface area contributed by atoms with Crippen LogP contribution in [0.1, 0.15) is 32.3 Å². The van der Waals surface area contributed by atoms with Gasteiger partial charge in [-0.1, -0.05) is 30.6 Å². The number of para-hydroxylation sites is 2. The second kappa shape index (κ2) is 8.08. The van der Waals surface area contributed by atoms with Gasteiger partial charge in [0.15, 0.2) is 11.5 Å². The van der Waals surface area contributed by atoms with Gasteiger partial charge < -0.3 is 14.7 Å². The van der Waals surface area contributed by atoms with E-state index in [2.05, 4.69) is 5.16 Å². The van der Waals surface area contributed by atoms with Crippen LogP contribution in [-0.4, -0.2) is 17.5 Å². The van der Waals surface area contributed by atoms with E-state index in [0.717, 1.165) is 24.2 Å². The van der Waals surface area contributed by atoms with Crippen molar-refractivity contribution < 1.29 is 14.7 Å². The lowest BCUT2D eigenvalue weighted by atomic mass is 10.1. The van der Waals surface area contributed by atoms with E-state index in [4.69, 9.17) is 14.7 Å². The van der Waals surface area contributed by atoms with Crippen molar-refractivity contribution in [2.45, 2.75) is 26.7 Å². The molecule has 2 aromatic rings. The van der Waals surface area contributed by atoms with E-state index >= 15 is 0 Å². The summed E-state index contributed by atoms with van der Waals surface area (Å²) in [5, 5.41) is 12.4. The molecule has 0 fully saturated rings. The first kappa shape index (κ1) is 15.9. The van der Waals surface area contributed by atoms with Crippen molar-refractivity contribution in [2.24, 2.45) is 5.16 Å². The summed E-state index contributed by atoms with van der Waals surface area (Å²) >= 11 is 0. The second-order valence-corrected chi connectivity index (χ2v) is 4.80. The zero-order valence-corrected chi connectivity index (χ0v) is 13.0. The molecule has 0 bridgehead atoms. The van der Waals surface area contributed by atoms with E-state index in [1.54, 1.807) is 0 Å². The van der Waals surface area contributed by atoms with Crippen LogP contribution in [0.25, 0.3) is 0 Å². The van der Waals surface area contributed by atoms with E-state index in [-0.39, 0.29) is 0 Å². The van der Waals surface area contributed by atoms with Crippen LogP contribution in [0, 0.1) is 0 Å². The van der Waals surface area contributed by atoms with Crippen LogP contribution in [0.15, 0.2) is 53.7 Å². The SMILES string of the molecule is CCCC(=NO)c1ccc(Oc2ccccc2OCC)cc1. The fraction of sp³-hybridized carbons (Fsp3) is 0.278. The number of rotatable bonds is 7. The third-order valence-electron chi connectivity index (χ3n) is 3.17. The van der Waals surface area contributed by atoms with Crippen LogP contribution in [0.2, 0.25) is 0 Å². The van der Waals surface area contributed by atoms with Crippen molar-refractivity contribution in [1.29, 1.82) is 0 Å². The highest BCUT2D eigenvalue weighted by Gasteiger charge is 2.07. The Hall–Kier alpha value is -2.49. The molecule has 2 rings (SSSR count). The van der Waals surface area contributed by atoms with E-state index in [9.17, 15) is 0 Å². The average Bonchev–Trinajstić information content (AvgIpc) is 2.55. The van der Waals surface area contributed by atoms with Gasteiger partial charge in [-0.15, -0.1) is 0 Å². The fourth-order valence-electron chi connectivity index (χ4n) is 2.14. The number of hydrogen-bond donors (Lipinski definition) is 1. The number of ether oxygens (including phenoxy) is 2. The highest BCUT2D eigenvalue weighted by atomic mass is 16.5. The molecule has 0 aliphatic carbocycles. The molecule has 4 nitrogen and oxygen atoms in total. The average molecular weight is 299 g/mol. The second-order valence-electron chi connectivity index (χ2n) is 4.80. The minimum atomic E-state index is 0.590. The van der Waals surface area contributed by atoms with Gasteiger partial charge in [-0.3, -0.25) is 0 Å². The molecular weight excluding hydrogens is 278 g/mol. The Morgan fingerprint density at radius 2 is 1.68 bits per heavy atom. The molecular formula is C18H21NO3. The lowest BCUT2D eigenvalue weighted by molar-refractivity contribution is 0.318. The Balaban J connectivity index is 2.15. The van der Waals surface area contributed by atoms with Crippen LogP contribution in [0.5, 0.6) is 17.2 Å². The highest BCUT2D eigenvalue weighted by molar-refractivity contribution is 6.00. The summed E-state index contributed by atoms with van der Waals surface area (Å²) in [6, 6.07) is 15.1. The number of benzene rings is 2. The van der Waals surface area contributed by atoms with E-state index < -0.39 is 0 Å². The zero-order chi connectivity index (χ0) is 15.8. The molecule has 0 unspecified atom stereocenters. The van der Waals surface area contributed by atoms with Gasteiger partial charge in [-0.25, -0.2) is 0 Å². The fourth-order valence-corrected chi connectivity index (χ4v) is 2.14. The van der Waals surface area contributed by atoms with Gasteiger partial charge in [0.05, 0.1) is 12.3 Å². The van der Waals surface area contributed by atoms with Gasteiger partial charge in [0.1, 0.15) is 5.75 Å². The maximum absolute atomic E-state index is 9.05. The number of nitrogens with zero attached hydrogens (tertiary/aromatic N) is 1. The molecule has 22 heavy (non-hydrogen) atoms. The summed E-state index contributed by atoms with van der Waals surface area (Å²) in [4.78, 5) is 0. The summed E-state index contributed by atoms with van der Waals surface area (Å²) < 4.78 is 11.4. The predicted octanol–water partition coefficient (Wildman–Crippen LogP) is 4.86. The third-order valence-corrected chi connectivity index (χ3v) is 3.17. The number of hydrogen-bond acceptors (Lipinski definition) is 4. The molecule has 1 N–H and O–H groups in total. The molecule has 0 spiro atoms. The van der Waals surface area contributed by atoms with Gasteiger partial charge in [0, 0.05) is 0 Å². The highest BCUT2D eigenvalue weighted by Crippen LogP contribution is 2.31. The summed E-state index contributed by atoms with van der Waals surface area (Å²) in [6.45, 7) is 4.58. The van der Waals surface area contributed by atoms with Gasteiger partial charge in [0.25, 0.3) is 0 Å². The van der Waals surface area contributed by atoms with E-state index in [0.29, 0.717) is 23.8 Å². The Labute approximate surface area is 131 Å². The van der Waals surface area contributed by atoms with Gasteiger partial charge >= 0.3 is 0 Å². The summed E-state index contributed by atoms with van der Waals surface area (Å²) in [7, 11) is 0. The molecule has 0 aromatic heterocycles. The molecule has 0 amide bonds. The molecule has 2 aromatic carbocycles. The van der Waals surface area contributed by atoms with E-state index in [1.807, 2.05) is 62.4 Å². The van der Waals surface area contributed by atoms with Crippen molar-refractivity contribution in [1.82, 2.24) is 0 Å². The van der Waals surface area contributed by atoms with Crippen molar-refractivity contribution in [2.75, 3.05) is 6.61 Å². The summed E-state index contributed by atoms with van der Waals surface area (Å²) in [5.41, 5.74) is 1.58. The molecule has 116 valence electrons. The first-order valence-corrected chi connectivity index (χ1v) is 7.49. The standard InChI is InChI=1S/C18H21NO3/c1-3-7-16(19-20)14-10-12-15(13-11-14)22-18-9-6-5-8-17(18)21-4-2/h5-6,8-13,20H,3-4,7H2,1-2H3. The molecule has 0 heterocycles. The minimum absolute atomic E-state index is 0.590. The molecule has 4 heteroatoms. The zero-order valence-electron chi connectivity index (χ0n) is 13.0. The summed E-state index contributed by atoms with van der Waals surface area (Å²) in [5.74, 6) is 2.11. The van der Waals surface area contributed by atoms with Crippen LogP contribution < -0.4 is 9.47 Å². The first-order chi connectivity index (χ1) is 10.8. The van der Waals surface area contributed by atoms with Crippen LogP contribution >= 0.6 is 0 Å². The van der Waals surface area contributed by atoms with Gasteiger partial charge in [0.2, 0.25) is 0 Å². The minimum Gasteiger partial charge on any atom is -0.490 e. The van der Waals surface area contributed by atoms with Crippen LogP contribution in [-0.2, 0) is 0 Å². The topological polar surface area (TPSA) is 51.1 Å². The molecule has 0 aliphatic rings. The smallest absolute Gasteiger partial charge is 0.169 e. The molecule has 0 radical (unpaired) electrons. The van der Waals surface area contributed by atoms with Gasteiger partial charge in [-0.05, 0) is 55.3 Å². The monoisotopic (exact) mass is 299 g/mol. The quantitative estimate of drug-likeness (QED) is 0.451. The molecule has 0 aliphatic heterocycles. The van der Waals surface area contributed by atoms with Crippen molar-refractivity contribution in [3.63, 3.8) is 0 Å². The molecule has 0 saturated heterocycles. The Morgan fingerprint density at radius 1 is 1.00 bits per heavy atom. The Bertz CT molecular complexity index is 620. The summed E-state index contributed by atoms with van der Waals surface area (Å²) in [6.07, 6.45) is 1.67.